The molecule has 0 aliphatic heterocycles. The number of carbonyl (C=O) groups is 2. The Kier molecular flexibility index (Phi) is 3.54. The van der Waals surface area contributed by atoms with E-state index < -0.39 is 5.41 Å². The molecule has 2 aliphatic carbocycles. The molecule has 0 heterocycles. The van der Waals surface area contributed by atoms with Gasteiger partial charge in [-0.05, 0) is 54.2 Å². The minimum Gasteiger partial charge on any atom is -0.302 e. The summed E-state index contributed by atoms with van der Waals surface area (Å²) in [5.74, 6) is 0.381. The standard InChI is InChI=1S/C20H26O2/c1-5-14-13(2)7-8-15-18(14)16(22)11-17-19(3,4)9-6-10-20(15,17)12-21/h7-8,12,17H,5-6,9-11H2,1-4H3. The molecular weight excluding hydrogens is 272 g/mol. The molecule has 0 saturated heterocycles. The van der Waals surface area contributed by atoms with E-state index in [2.05, 4.69) is 39.8 Å². The first-order valence-electron chi connectivity index (χ1n) is 8.50. The Hall–Kier alpha value is -1.44. The fourth-order valence-electron chi connectivity index (χ4n) is 5.07. The summed E-state index contributed by atoms with van der Waals surface area (Å²) < 4.78 is 0. The van der Waals surface area contributed by atoms with Crippen molar-refractivity contribution in [3.8, 4) is 0 Å². The maximum absolute atomic E-state index is 12.9. The van der Waals surface area contributed by atoms with Crippen LogP contribution in [-0.2, 0) is 16.6 Å². The summed E-state index contributed by atoms with van der Waals surface area (Å²) in [7, 11) is 0. The van der Waals surface area contributed by atoms with Gasteiger partial charge in [0.2, 0.25) is 0 Å². The van der Waals surface area contributed by atoms with Crippen LogP contribution in [0.2, 0.25) is 0 Å². The summed E-state index contributed by atoms with van der Waals surface area (Å²) in [6.45, 7) is 8.61. The molecule has 1 aromatic rings. The van der Waals surface area contributed by atoms with Crippen molar-refractivity contribution in [1.82, 2.24) is 0 Å². The lowest BCUT2D eigenvalue weighted by Crippen LogP contribution is -2.52. The van der Waals surface area contributed by atoms with E-state index in [0.29, 0.717) is 6.42 Å². The summed E-state index contributed by atoms with van der Waals surface area (Å²) >= 11 is 0. The number of carbonyl (C=O) groups excluding carboxylic acids is 2. The molecule has 2 nitrogen and oxygen atoms in total. The molecule has 2 atom stereocenters. The average molecular weight is 298 g/mol. The molecule has 3 rings (SSSR count). The number of aldehydes is 1. The van der Waals surface area contributed by atoms with Crippen molar-refractivity contribution in [3.05, 3.63) is 34.4 Å². The van der Waals surface area contributed by atoms with Crippen LogP contribution in [0.25, 0.3) is 0 Å². The van der Waals surface area contributed by atoms with Crippen LogP contribution >= 0.6 is 0 Å². The number of hydrogen-bond donors (Lipinski definition) is 0. The van der Waals surface area contributed by atoms with Gasteiger partial charge < -0.3 is 4.79 Å². The Bertz CT molecular complexity index is 641. The maximum Gasteiger partial charge on any atom is 0.163 e. The van der Waals surface area contributed by atoms with Gasteiger partial charge in [-0.1, -0.05) is 39.3 Å². The first-order valence-corrected chi connectivity index (χ1v) is 8.50. The van der Waals surface area contributed by atoms with Crippen molar-refractivity contribution >= 4 is 12.1 Å². The second-order valence-electron chi connectivity index (χ2n) is 7.82. The topological polar surface area (TPSA) is 34.1 Å². The van der Waals surface area contributed by atoms with E-state index in [4.69, 9.17) is 0 Å². The molecule has 0 aromatic heterocycles. The zero-order valence-electron chi connectivity index (χ0n) is 14.2. The number of hydrogen-bond acceptors (Lipinski definition) is 2. The Morgan fingerprint density at radius 1 is 1.27 bits per heavy atom. The first-order chi connectivity index (χ1) is 10.4. The van der Waals surface area contributed by atoms with E-state index in [1.54, 1.807) is 0 Å². The van der Waals surface area contributed by atoms with Gasteiger partial charge in [0, 0.05) is 12.0 Å². The molecule has 0 spiro atoms. The Morgan fingerprint density at radius 2 is 2.00 bits per heavy atom. The molecule has 1 saturated carbocycles. The molecule has 1 aromatic carbocycles. The molecular formula is C20H26O2. The molecule has 2 heteroatoms. The first kappa shape index (κ1) is 15.5. The van der Waals surface area contributed by atoms with Crippen LogP contribution in [0, 0.1) is 18.3 Å². The highest BCUT2D eigenvalue weighted by molar-refractivity contribution is 6.03. The van der Waals surface area contributed by atoms with Gasteiger partial charge in [0.1, 0.15) is 6.29 Å². The van der Waals surface area contributed by atoms with Gasteiger partial charge in [-0.3, -0.25) is 4.79 Å². The van der Waals surface area contributed by atoms with Crippen LogP contribution in [0.3, 0.4) is 0 Å². The van der Waals surface area contributed by atoms with Crippen molar-refractivity contribution in [3.63, 3.8) is 0 Å². The quantitative estimate of drug-likeness (QED) is 0.758. The van der Waals surface area contributed by atoms with E-state index >= 15 is 0 Å². The van der Waals surface area contributed by atoms with E-state index in [-0.39, 0.29) is 17.1 Å². The molecule has 118 valence electrons. The average Bonchev–Trinajstić information content (AvgIpc) is 2.48. The molecule has 2 unspecified atom stereocenters. The van der Waals surface area contributed by atoms with Crippen LogP contribution in [0.5, 0.6) is 0 Å². The van der Waals surface area contributed by atoms with Gasteiger partial charge in [-0.2, -0.15) is 0 Å². The van der Waals surface area contributed by atoms with Gasteiger partial charge in [0.25, 0.3) is 0 Å². The summed E-state index contributed by atoms with van der Waals surface area (Å²) in [4.78, 5) is 25.1. The lowest BCUT2D eigenvalue weighted by atomic mass is 9.49. The number of Topliss-reactive ketones (excluding diaryl/α,β-unsaturated/α-hetero) is 1. The summed E-state index contributed by atoms with van der Waals surface area (Å²) in [6.07, 6.45) is 5.59. The van der Waals surface area contributed by atoms with E-state index in [1.807, 2.05) is 0 Å². The normalized spacial score (nSPS) is 29.6. The lowest BCUT2D eigenvalue weighted by Gasteiger charge is -2.52. The predicted molar refractivity (Wildman–Crippen MR) is 88.4 cm³/mol. The highest BCUT2D eigenvalue weighted by atomic mass is 16.1. The fraction of sp³-hybridized carbons (Fsp3) is 0.600. The van der Waals surface area contributed by atoms with Crippen molar-refractivity contribution in [2.45, 2.75) is 65.2 Å². The molecule has 0 amide bonds. The van der Waals surface area contributed by atoms with Crippen molar-refractivity contribution in [2.24, 2.45) is 11.3 Å². The van der Waals surface area contributed by atoms with Gasteiger partial charge in [0.15, 0.2) is 5.78 Å². The number of benzene rings is 1. The number of rotatable bonds is 2. The summed E-state index contributed by atoms with van der Waals surface area (Å²) in [5, 5.41) is 0. The highest BCUT2D eigenvalue weighted by Gasteiger charge is 2.54. The lowest BCUT2D eigenvalue weighted by molar-refractivity contribution is -0.119. The van der Waals surface area contributed by atoms with Crippen molar-refractivity contribution < 1.29 is 9.59 Å². The second kappa shape index (κ2) is 5.04. The van der Waals surface area contributed by atoms with E-state index in [9.17, 15) is 9.59 Å². The fourth-order valence-corrected chi connectivity index (χ4v) is 5.07. The largest absolute Gasteiger partial charge is 0.302 e. The van der Waals surface area contributed by atoms with Gasteiger partial charge in [-0.15, -0.1) is 0 Å². The number of aryl methyl sites for hydroxylation is 1. The zero-order chi connectivity index (χ0) is 16.1. The minimum atomic E-state index is -0.456. The predicted octanol–water partition coefficient (Wildman–Crippen LogP) is 4.41. The van der Waals surface area contributed by atoms with Crippen LogP contribution in [-0.4, -0.2) is 12.1 Å². The van der Waals surface area contributed by atoms with Crippen LogP contribution in [0.15, 0.2) is 12.1 Å². The molecule has 22 heavy (non-hydrogen) atoms. The molecule has 2 aliphatic rings. The second-order valence-corrected chi connectivity index (χ2v) is 7.82. The third kappa shape index (κ3) is 1.92. The molecule has 0 bridgehead atoms. The third-order valence-corrected chi connectivity index (χ3v) is 6.26. The van der Waals surface area contributed by atoms with Crippen LogP contribution < -0.4 is 0 Å². The van der Waals surface area contributed by atoms with Gasteiger partial charge >= 0.3 is 0 Å². The van der Waals surface area contributed by atoms with Crippen LogP contribution in [0.1, 0.15) is 73.5 Å². The summed E-state index contributed by atoms with van der Waals surface area (Å²) in [5.41, 5.74) is 3.78. The Morgan fingerprint density at radius 3 is 2.64 bits per heavy atom. The van der Waals surface area contributed by atoms with Gasteiger partial charge in [0.05, 0.1) is 5.41 Å². The Balaban J connectivity index is 2.30. The smallest absolute Gasteiger partial charge is 0.163 e. The van der Waals surface area contributed by atoms with Gasteiger partial charge in [-0.25, -0.2) is 0 Å². The number of fused-ring (bicyclic) bond motifs is 3. The maximum atomic E-state index is 12.9. The number of ketones is 1. The zero-order valence-corrected chi connectivity index (χ0v) is 14.2. The highest BCUT2D eigenvalue weighted by Crippen LogP contribution is 2.56. The molecule has 0 radical (unpaired) electrons. The van der Waals surface area contributed by atoms with E-state index in [0.717, 1.165) is 42.4 Å². The minimum absolute atomic E-state index is 0.0454. The SMILES string of the molecule is CCc1c(C)ccc2c1C(=O)CC1C(C)(C)CCCC21C=O. The van der Waals surface area contributed by atoms with Crippen LogP contribution in [0.4, 0.5) is 0 Å². The van der Waals surface area contributed by atoms with Crippen molar-refractivity contribution in [2.75, 3.05) is 0 Å². The van der Waals surface area contributed by atoms with E-state index in [1.165, 1.54) is 11.8 Å². The van der Waals surface area contributed by atoms with Crippen molar-refractivity contribution in [1.29, 1.82) is 0 Å². The molecule has 1 fully saturated rings. The Labute approximate surface area is 133 Å². The monoisotopic (exact) mass is 298 g/mol. The molecule has 0 N–H and O–H groups in total. The summed E-state index contributed by atoms with van der Waals surface area (Å²) in [6, 6.07) is 4.16. The third-order valence-electron chi connectivity index (χ3n) is 6.26.